The molecule has 0 aliphatic heterocycles. The third-order valence-corrected chi connectivity index (χ3v) is 4.74. The van der Waals surface area contributed by atoms with Gasteiger partial charge in [0.25, 0.3) is 5.91 Å². The van der Waals surface area contributed by atoms with E-state index in [0.717, 1.165) is 29.7 Å². The zero-order chi connectivity index (χ0) is 21.5. The third-order valence-electron chi connectivity index (χ3n) is 4.74. The second kappa shape index (κ2) is 9.87. The second-order valence-corrected chi connectivity index (χ2v) is 7.37. The zero-order valence-electron chi connectivity index (χ0n) is 17.6. The number of rotatable bonds is 8. The van der Waals surface area contributed by atoms with E-state index in [4.69, 9.17) is 4.74 Å². The van der Waals surface area contributed by atoms with Gasteiger partial charge in [-0.1, -0.05) is 61.4 Å². The number of aryl methyl sites for hydroxylation is 1. The molecule has 6 nitrogen and oxygen atoms in total. The van der Waals surface area contributed by atoms with Gasteiger partial charge in [0.15, 0.2) is 6.61 Å². The molecule has 1 aromatic heterocycles. The molecule has 0 aliphatic rings. The van der Waals surface area contributed by atoms with Gasteiger partial charge in [-0.05, 0) is 32.4 Å². The molecule has 156 valence electrons. The first-order valence-electron chi connectivity index (χ1n) is 10.2. The predicted octanol–water partition coefficient (Wildman–Crippen LogP) is 4.31. The van der Waals surface area contributed by atoms with E-state index >= 15 is 0 Å². The van der Waals surface area contributed by atoms with Crippen LogP contribution in [0.3, 0.4) is 0 Å². The molecule has 1 N–H and O–H groups in total. The van der Waals surface area contributed by atoms with Gasteiger partial charge in [-0.3, -0.25) is 4.79 Å². The van der Waals surface area contributed by atoms with Gasteiger partial charge in [-0.15, -0.1) is 0 Å². The Kier molecular flexibility index (Phi) is 7.01. The van der Waals surface area contributed by atoms with E-state index in [1.165, 1.54) is 0 Å². The summed E-state index contributed by atoms with van der Waals surface area (Å²) in [6.07, 6.45) is 3.49. The Balaban J connectivity index is 1.83. The highest BCUT2D eigenvalue weighted by molar-refractivity contribution is 5.97. The summed E-state index contributed by atoms with van der Waals surface area (Å²) < 4.78 is 6.95. The highest BCUT2D eigenvalue weighted by atomic mass is 16.5. The number of carbonyl (C=O) groups is 2. The van der Waals surface area contributed by atoms with E-state index in [-0.39, 0.29) is 18.6 Å². The van der Waals surface area contributed by atoms with Gasteiger partial charge >= 0.3 is 5.97 Å². The van der Waals surface area contributed by atoms with Gasteiger partial charge in [-0.25, -0.2) is 9.48 Å². The lowest BCUT2D eigenvalue weighted by atomic mass is 10.1. The maximum absolute atomic E-state index is 12.8. The number of aromatic nitrogens is 2. The lowest BCUT2D eigenvalue weighted by Crippen LogP contribution is -2.35. The quantitative estimate of drug-likeness (QED) is 0.567. The topological polar surface area (TPSA) is 73.2 Å². The summed E-state index contributed by atoms with van der Waals surface area (Å²) in [6.45, 7) is 5.67. The monoisotopic (exact) mass is 405 g/mol. The van der Waals surface area contributed by atoms with Crippen LogP contribution in [0.1, 0.15) is 42.6 Å². The van der Waals surface area contributed by atoms with Crippen LogP contribution in [0.15, 0.2) is 60.8 Å². The molecule has 3 aromatic rings. The summed E-state index contributed by atoms with van der Waals surface area (Å²) in [5.74, 6) is -0.886. The van der Waals surface area contributed by atoms with Crippen LogP contribution in [0.4, 0.5) is 0 Å². The van der Waals surface area contributed by atoms with Gasteiger partial charge in [0, 0.05) is 17.8 Å². The molecule has 3 rings (SSSR count). The summed E-state index contributed by atoms with van der Waals surface area (Å²) in [7, 11) is 0. The normalized spacial score (nSPS) is 11.7. The number of benzene rings is 2. The average Bonchev–Trinajstić information content (AvgIpc) is 3.19. The van der Waals surface area contributed by atoms with Crippen LogP contribution in [-0.2, 0) is 9.53 Å². The summed E-state index contributed by atoms with van der Waals surface area (Å²) in [5, 5.41) is 7.45. The summed E-state index contributed by atoms with van der Waals surface area (Å²) >= 11 is 0. The molecular weight excluding hydrogens is 378 g/mol. The SMILES string of the molecule is CCC[C@H](C)NC(=O)COC(=O)c1cn(-c2ccccc2)nc1-c1ccc(C)cc1. The molecule has 0 aliphatic carbocycles. The fourth-order valence-corrected chi connectivity index (χ4v) is 3.19. The molecule has 0 saturated carbocycles. The van der Waals surface area contributed by atoms with Crippen LogP contribution >= 0.6 is 0 Å². The Bertz CT molecular complexity index is 994. The Hall–Kier alpha value is -3.41. The van der Waals surface area contributed by atoms with E-state index in [9.17, 15) is 9.59 Å². The summed E-state index contributed by atoms with van der Waals surface area (Å²) in [5.41, 5.74) is 3.59. The average molecular weight is 405 g/mol. The molecule has 0 fully saturated rings. The van der Waals surface area contributed by atoms with Crippen molar-refractivity contribution in [3.63, 3.8) is 0 Å². The van der Waals surface area contributed by atoms with Gasteiger partial charge in [0.2, 0.25) is 0 Å². The molecular formula is C24H27N3O3. The number of carbonyl (C=O) groups excluding carboxylic acids is 2. The third kappa shape index (κ3) is 5.35. The first-order valence-corrected chi connectivity index (χ1v) is 10.2. The zero-order valence-corrected chi connectivity index (χ0v) is 17.6. The lowest BCUT2D eigenvalue weighted by Gasteiger charge is -2.12. The summed E-state index contributed by atoms with van der Waals surface area (Å²) in [4.78, 5) is 24.9. The van der Waals surface area contributed by atoms with E-state index in [1.54, 1.807) is 10.9 Å². The Labute approximate surface area is 176 Å². The molecule has 1 atom stereocenters. The molecule has 0 radical (unpaired) electrons. The van der Waals surface area contributed by atoms with E-state index in [0.29, 0.717) is 11.3 Å². The molecule has 6 heteroatoms. The van der Waals surface area contributed by atoms with Gasteiger partial charge in [-0.2, -0.15) is 5.10 Å². The smallest absolute Gasteiger partial charge is 0.342 e. The number of ether oxygens (including phenoxy) is 1. The number of nitrogens with one attached hydrogen (secondary N) is 1. The number of nitrogens with zero attached hydrogens (tertiary/aromatic N) is 2. The number of esters is 1. The van der Waals surface area contributed by atoms with E-state index in [2.05, 4.69) is 17.3 Å². The van der Waals surface area contributed by atoms with Crippen molar-refractivity contribution >= 4 is 11.9 Å². The summed E-state index contributed by atoms with van der Waals surface area (Å²) in [6, 6.07) is 17.4. The molecule has 30 heavy (non-hydrogen) atoms. The second-order valence-electron chi connectivity index (χ2n) is 7.37. The Morgan fingerprint density at radius 3 is 2.47 bits per heavy atom. The van der Waals surface area contributed by atoms with Crippen molar-refractivity contribution in [2.45, 2.75) is 39.7 Å². The van der Waals surface area contributed by atoms with Crippen molar-refractivity contribution in [3.8, 4) is 16.9 Å². The number of para-hydroxylation sites is 1. The van der Waals surface area contributed by atoms with Crippen molar-refractivity contribution in [2.75, 3.05) is 6.61 Å². The van der Waals surface area contributed by atoms with Crippen LogP contribution < -0.4 is 5.32 Å². The maximum atomic E-state index is 12.8. The van der Waals surface area contributed by atoms with Crippen LogP contribution in [0.5, 0.6) is 0 Å². The number of hydrogen-bond acceptors (Lipinski definition) is 4. The fourth-order valence-electron chi connectivity index (χ4n) is 3.19. The molecule has 0 bridgehead atoms. The maximum Gasteiger partial charge on any atom is 0.342 e. The van der Waals surface area contributed by atoms with Gasteiger partial charge < -0.3 is 10.1 Å². The standard InChI is InChI=1S/C24H27N3O3/c1-4-8-18(3)25-22(28)16-30-24(29)21-15-27(20-9-6-5-7-10-20)26-23(21)19-13-11-17(2)12-14-19/h5-7,9-15,18H,4,8,16H2,1-3H3,(H,25,28)/t18-/m0/s1. The molecule has 1 amide bonds. The van der Waals surface area contributed by atoms with Crippen molar-refractivity contribution in [3.05, 3.63) is 71.9 Å². The number of hydrogen-bond donors (Lipinski definition) is 1. The Morgan fingerprint density at radius 2 is 1.80 bits per heavy atom. The van der Waals surface area contributed by atoms with Crippen LogP contribution in [-0.4, -0.2) is 34.3 Å². The molecule has 0 spiro atoms. The first-order chi connectivity index (χ1) is 14.5. The van der Waals surface area contributed by atoms with Gasteiger partial charge in [0.05, 0.1) is 5.69 Å². The van der Waals surface area contributed by atoms with Crippen molar-refractivity contribution in [1.82, 2.24) is 15.1 Å². The largest absolute Gasteiger partial charge is 0.452 e. The van der Waals surface area contributed by atoms with Crippen LogP contribution in [0.2, 0.25) is 0 Å². The lowest BCUT2D eigenvalue weighted by molar-refractivity contribution is -0.124. The minimum Gasteiger partial charge on any atom is -0.452 e. The first kappa shape index (κ1) is 21.3. The van der Waals surface area contributed by atoms with Crippen molar-refractivity contribution < 1.29 is 14.3 Å². The van der Waals surface area contributed by atoms with Crippen LogP contribution in [0.25, 0.3) is 16.9 Å². The highest BCUT2D eigenvalue weighted by Crippen LogP contribution is 2.25. The van der Waals surface area contributed by atoms with E-state index in [1.807, 2.05) is 68.4 Å². The van der Waals surface area contributed by atoms with Crippen molar-refractivity contribution in [1.29, 1.82) is 0 Å². The molecule has 0 unspecified atom stereocenters. The van der Waals surface area contributed by atoms with Gasteiger partial charge in [0.1, 0.15) is 11.3 Å². The minimum atomic E-state index is -0.578. The predicted molar refractivity (Wildman–Crippen MR) is 117 cm³/mol. The van der Waals surface area contributed by atoms with E-state index < -0.39 is 5.97 Å². The fraction of sp³-hybridized carbons (Fsp3) is 0.292. The minimum absolute atomic E-state index is 0.0464. The molecule has 0 saturated heterocycles. The number of amides is 1. The van der Waals surface area contributed by atoms with Crippen molar-refractivity contribution in [2.24, 2.45) is 0 Å². The van der Waals surface area contributed by atoms with Crippen LogP contribution in [0, 0.1) is 6.92 Å². The Morgan fingerprint density at radius 1 is 1.10 bits per heavy atom. The molecule has 2 aromatic carbocycles. The molecule has 1 heterocycles. The highest BCUT2D eigenvalue weighted by Gasteiger charge is 2.21.